The summed E-state index contributed by atoms with van der Waals surface area (Å²) in [7, 11) is 0. The summed E-state index contributed by atoms with van der Waals surface area (Å²) in [5.41, 5.74) is 1.55. The number of carbonyl (C=O) groups is 1. The highest BCUT2D eigenvalue weighted by Crippen LogP contribution is 2.35. The molecule has 0 aliphatic rings. The van der Waals surface area contributed by atoms with Crippen molar-refractivity contribution in [2.75, 3.05) is 23.3 Å². The van der Waals surface area contributed by atoms with Crippen LogP contribution in [0.1, 0.15) is 23.5 Å². The lowest BCUT2D eigenvalue weighted by molar-refractivity contribution is 0.103. The van der Waals surface area contributed by atoms with Crippen LogP contribution in [0, 0.1) is 0 Å². The maximum Gasteiger partial charge on any atom is 0.265 e. The predicted octanol–water partition coefficient (Wildman–Crippen LogP) is 4.64. The quantitative estimate of drug-likeness (QED) is 0.515. The number of benzene rings is 1. The molecule has 0 unspecified atom stereocenters. The van der Waals surface area contributed by atoms with Gasteiger partial charge in [-0.3, -0.25) is 4.79 Å². The van der Waals surface area contributed by atoms with E-state index in [-0.39, 0.29) is 5.91 Å². The minimum Gasteiger partial charge on any atom is -0.349 e. The number of hydrogen-bond donors (Lipinski definition) is 1. The third-order valence-electron chi connectivity index (χ3n) is 4.24. The van der Waals surface area contributed by atoms with Crippen molar-refractivity contribution in [3.63, 3.8) is 0 Å². The lowest BCUT2D eigenvalue weighted by Crippen LogP contribution is -2.21. The SMILES string of the molecule is CCN(CC)c1nc2sc(C(=O)Nc3ccccc3-n3cccn3)cc2s1. The molecule has 1 aromatic carbocycles. The summed E-state index contributed by atoms with van der Waals surface area (Å²) >= 11 is 3.06. The van der Waals surface area contributed by atoms with Crippen LogP contribution >= 0.6 is 22.7 Å². The molecule has 0 bridgehead atoms. The van der Waals surface area contributed by atoms with Crippen LogP contribution < -0.4 is 10.2 Å². The molecule has 4 rings (SSSR count). The number of rotatable bonds is 6. The summed E-state index contributed by atoms with van der Waals surface area (Å²) in [6.07, 6.45) is 3.57. The summed E-state index contributed by atoms with van der Waals surface area (Å²) in [4.78, 5) is 21.2. The van der Waals surface area contributed by atoms with E-state index in [0.717, 1.165) is 39.1 Å². The smallest absolute Gasteiger partial charge is 0.265 e. The highest BCUT2D eigenvalue weighted by molar-refractivity contribution is 7.29. The number of aromatic nitrogens is 3. The first-order chi connectivity index (χ1) is 13.2. The average molecular weight is 398 g/mol. The van der Waals surface area contributed by atoms with Gasteiger partial charge in [0.05, 0.1) is 21.0 Å². The molecule has 3 heterocycles. The fourth-order valence-electron chi connectivity index (χ4n) is 2.84. The second kappa shape index (κ2) is 7.50. The van der Waals surface area contributed by atoms with Gasteiger partial charge in [-0.2, -0.15) is 5.10 Å². The number of fused-ring (bicyclic) bond motifs is 1. The summed E-state index contributed by atoms with van der Waals surface area (Å²) < 4.78 is 2.79. The number of amides is 1. The molecular formula is C19H19N5OS2. The lowest BCUT2D eigenvalue weighted by atomic mass is 10.2. The predicted molar refractivity (Wildman–Crippen MR) is 113 cm³/mol. The first kappa shape index (κ1) is 17.7. The van der Waals surface area contributed by atoms with Gasteiger partial charge >= 0.3 is 0 Å². The molecule has 1 N–H and O–H groups in total. The normalized spacial score (nSPS) is 11.0. The highest BCUT2D eigenvalue weighted by Gasteiger charge is 2.17. The van der Waals surface area contributed by atoms with Crippen molar-refractivity contribution in [3.8, 4) is 5.69 Å². The molecule has 3 aromatic heterocycles. The molecule has 8 heteroatoms. The second-order valence-corrected chi connectivity index (χ2v) is 7.91. The van der Waals surface area contributed by atoms with E-state index in [0.29, 0.717) is 4.88 Å². The number of thiazole rings is 1. The largest absolute Gasteiger partial charge is 0.349 e. The van der Waals surface area contributed by atoms with Gasteiger partial charge < -0.3 is 10.2 Å². The molecule has 0 fully saturated rings. The molecule has 1 amide bonds. The maximum absolute atomic E-state index is 12.8. The molecular weight excluding hydrogens is 378 g/mol. The van der Waals surface area contributed by atoms with Crippen molar-refractivity contribution < 1.29 is 4.79 Å². The summed E-state index contributed by atoms with van der Waals surface area (Å²) in [6.45, 7) is 6.09. The molecule has 0 saturated heterocycles. The minimum absolute atomic E-state index is 0.130. The van der Waals surface area contributed by atoms with E-state index in [1.54, 1.807) is 22.2 Å². The second-order valence-electron chi connectivity index (χ2n) is 5.87. The third kappa shape index (κ3) is 3.45. The van der Waals surface area contributed by atoms with Gasteiger partial charge in [0.1, 0.15) is 4.83 Å². The van der Waals surface area contributed by atoms with E-state index >= 15 is 0 Å². The van der Waals surface area contributed by atoms with Gasteiger partial charge in [-0.1, -0.05) is 23.5 Å². The van der Waals surface area contributed by atoms with Gasteiger partial charge in [0.15, 0.2) is 5.13 Å². The number of carbonyl (C=O) groups excluding carboxylic acids is 1. The molecule has 0 aliphatic heterocycles. The molecule has 27 heavy (non-hydrogen) atoms. The van der Waals surface area contributed by atoms with Crippen LogP contribution in [0.15, 0.2) is 48.8 Å². The molecule has 0 spiro atoms. The topological polar surface area (TPSA) is 63.1 Å². The van der Waals surface area contributed by atoms with E-state index < -0.39 is 0 Å². The number of anilines is 2. The summed E-state index contributed by atoms with van der Waals surface area (Å²) in [5, 5.41) is 8.26. The molecule has 0 radical (unpaired) electrons. The standard InChI is InChI=1S/C19H19N5OS2/c1-3-23(4-2)19-22-18-16(27-19)12-15(26-18)17(25)21-13-8-5-6-9-14(13)24-11-7-10-20-24/h5-12H,3-4H2,1-2H3,(H,21,25). The van der Waals surface area contributed by atoms with Gasteiger partial charge in [0, 0.05) is 25.5 Å². The maximum atomic E-state index is 12.8. The van der Waals surface area contributed by atoms with Crippen LogP contribution in [0.3, 0.4) is 0 Å². The molecule has 4 aromatic rings. The van der Waals surface area contributed by atoms with Crippen LogP contribution in [-0.2, 0) is 0 Å². The van der Waals surface area contributed by atoms with Crippen molar-refractivity contribution in [1.29, 1.82) is 0 Å². The minimum atomic E-state index is -0.130. The van der Waals surface area contributed by atoms with E-state index in [1.165, 1.54) is 11.3 Å². The van der Waals surface area contributed by atoms with Crippen molar-refractivity contribution in [2.45, 2.75) is 13.8 Å². The third-order valence-corrected chi connectivity index (χ3v) is 6.46. The number of nitrogens with zero attached hydrogens (tertiary/aromatic N) is 4. The van der Waals surface area contributed by atoms with Crippen molar-refractivity contribution in [1.82, 2.24) is 14.8 Å². The monoisotopic (exact) mass is 397 g/mol. The van der Waals surface area contributed by atoms with Crippen molar-refractivity contribution in [3.05, 3.63) is 53.7 Å². The summed E-state index contributed by atoms with van der Waals surface area (Å²) in [6, 6.07) is 11.4. The average Bonchev–Trinajstić information content (AvgIpc) is 3.39. The number of thiophene rings is 1. The highest BCUT2D eigenvalue weighted by atomic mass is 32.1. The van der Waals surface area contributed by atoms with Crippen LogP contribution in [0.5, 0.6) is 0 Å². The van der Waals surface area contributed by atoms with Gasteiger partial charge in [-0.15, -0.1) is 11.3 Å². The van der Waals surface area contributed by atoms with Crippen LogP contribution in [-0.4, -0.2) is 33.8 Å². The Balaban J connectivity index is 1.58. The Labute approximate surface area is 165 Å². The van der Waals surface area contributed by atoms with Gasteiger partial charge in [0.25, 0.3) is 5.91 Å². The van der Waals surface area contributed by atoms with Crippen LogP contribution in [0.2, 0.25) is 0 Å². The molecule has 6 nitrogen and oxygen atoms in total. The Morgan fingerprint density at radius 1 is 1.19 bits per heavy atom. The zero-order valence-electron chi connectivity index (χ0n) is 15.0. The van der Waals surface area contributed by atoms with Crippen molar-refractivity contribution in [2.24, 2.45) is 0 Å². The fourth-order valence-corrected chi connectivity index (χ4v) is 5.07. The van der Waals surface area contributed by atoms with E-state index in [9.17, 15) is 4.79 Å². The van der Waals surface area contributed by atoms with Gasteiger partial charge in [-0.25, -0.2) is 9.67 Å². The zero-order valence-corrected chi connectivity index (χ0v) is 16.7. The number of nitrogens with one attached hydrogen (secondary N) is 1. The molecule has 0 saturated carbocycles. The van der Waals surface area contributed by atoms with Crippen molar-refractivity contribution >= 4 is 48.9 Å². The molecule has 0 atom stereocenters. The number of hydrogen-bond acceptors (Lipinski definition) is 6. The first-order valence-corrected chi connectivity index (χ1v) is 10.4. The Morgan fingerprint density at radius 2 is 2.00 bits per heavy atom. The zero-order chi connectivity index (χ0) is 18.8. The Kier molecular flexibility index (Phi) is 4.91. The Bertz CT molecular complexity index is 1030. The first-order valence-electron chi connectivity index (χ1n) is 8.75. The van der Waals surface area contributed by atoms with Crippen LogP contribution in [0.4, 0.5) is 10.8 Å². The van der Waals surface area contributed by atoms with E-state index in [1.807, 2.05) is 42.6 Å². The Hall–Kier alpha value is -2.71. The molecule has 0 aliphatic carbocycles. The number of para-hydroxylation sites is 2. The summed E-state index contributed by atoms with van der Waals surface area (Å²) in [5.74, 6) is -0.130. The Morgan fingerprint density at radius 3 is 2.70 bits per heavy atom. The fraction of sp³-hybridized carbons (Fsp3) is 0.211. The van der Waals surface area contributed by atoms with Gasteiger partial charge in [-0.05, 0) is 38.1 Å². The van der Waals surface area contributed by atoms with E-state index in [2.05, 4.69) is 29.2 Å². The lowest BCUT2D eigenvalue weighted by Gasteiger charge is -2.16. The van der Waals surface area contributed by atoms with E-state index in [4.69, 9.17) is 4.98 Å². The van der Waals surface area contributed by atoms with Crippen LogP contribution in [0.25, 0.3) is 15.2 Å². The molecule has 138 valence electrons. The van der Waals surface area contributed by atoms with Gasteiger partial charge in [0.2, 0.25) is 0 Å².